The van der Waals surface area contributed by atoms with Crippen LogP contribution in [0.4, 0.5) is 0 Å². The van der Waals surface area contributed by atoms with Crippen molar-refractivity contribution in [2.24, 2.45) is 141 Å². The van der Waals surface area contributed by atoms with E-state index < -0.39 is 0 Å². The monoisotopic (exact) mass is 553 g/mol. The van der Waals surface area contributed by atoms with Crippen LogP contribution in [0, 0.1) is 136 Å². The fourth-order valence-corrected chi connectivity index (χ4v) is 20.6. The molecule has 1 heterocycles. The zero-order valence-electron chi connectivity index (χ0n) is 24.8. The lowest BCUT2D eigenvalue weighted by Gasteiger charge is -2.95. The third kappa shape index (κ3) is 1.92. The molecule has 2 heteroatoms. The van der Waals surface area contributed by atoms with Crippen LogP contribution in [0.15, 0.2) is 12.2 Å². The molecular weight excluding hydrogens is 502 g/mol. The van der Waals surface area contributed by atoms with Gasteiger partial charge in [-0.05, 0) is 187 Å². The molecule has 214 valence electrons. The van der Waals surface area contributed by atoms with Crippen molar-refractivity contribution in [2.45, 2.75) is 76.0 Å². The van der Waals surface area contributed by atoms with Gasteiger partial charge >= 0.3 is 0 Å². The largest absolute Gasteiger partial charge is 0.325 e. The number of hydrogen-bond acceptors (Lipinski definition) is 2. The van der Waals surface area contributed by atoms with Crippen molar-refractivity contribution < 1.29 is 0 Å². The number of fused-ring (bicyclic) bond motifs is 10. The molecule has 0 amide bonds. The first-order valence-electron chi connectivity index (χ1n) is 18.6. The molecule has 25 atom stereocenters. The van der Waals surface area contributed by atoms with E-state index in [1.807, 2.05) is 0 Å². The van der Waals surface area contributed by atoms with Crippen LogP contribution >= 0.6 is 11.8 Å². The summed E-state index contributed by atoms with van der Waals surface area (Å²) in [6.07, 6.45) is 16.7. The van der Waals surface area contributed by atoms with Crippen LogP contribution in [-0.4, -0.2) is 16.5 Å². The maximum atomic E-state index is 7.21. The van der Waals surface area contributed by atoms with Crippen LogP contribution in [-0.2, 0) is 0 Å². The van der Waals surface area contributed by atoms with Crippen molar-refractivity contribution >= 4 is 11.8 Å². The van der Waals surface area contributed by atoms with Crippen molar-refractivity contribution in [3.05, 3.63) is 12.2 Å². The molecule has 12 saturated carbocycles. The maximum absolute atomic E-state index is 7.21. The molecule has 0 aromatic carbocycles. The van der Waals surface area contributed by atoms with E-state index in [1.165, 1.54) is 138 Å². The zero-order valence-corrected chi connectivity index (χ0v) is 25.6. The minimum atomic E-state index is 0.0771. The van der Waals surface area contributed by atoms with Gasteiger partial charge < -0.3 is 5.73 Å². The summed E-state index contributed by atoms with van der Waals surface area (Å²) in [6, 6.07) is 0. The minimum Gasteiger partial charge on any atom is -0.325 e. The second kappa shape index (κ2) is 6.53. The van der Waals surface area contributed by atoms with Crippen LogP contribution in [0.2, 0.25) is 0 Å². The van der Waals surface area contributed by atoms with Crippen molar-refractivity contribution in [3.8, 4) is 0 Å². The van der Waals surface area contributed by atoms with Crippen molar-refractivity contribution in [2.75, 3.05) is 5.75 Å². The SMILES string of the molecule is CC1CC2C1C1CC3C1C1C3C3C1C1C3C3C4[C@H](C5[C@H]4[C@@H]4C6C[C@@]7(C(CC67)SC/C=C\CCCCC2(C)N)[C@H]54)[C@H]13. The summed E-state index contributed by atoms with van der Waals surface area (Å²) in [5.41, 5.74) is 8.14. The molecule has 13 aliphatic rings. The Hall–Kier alpha value is 0.0500. The van der Waals surface area contributed by atoms with Gasteiger partial charge in [0.1, 0.15) is 0 Å². The predicted octanol–water partition coefficient (Wildman–Crippen LogP) is 7.22. The molecular formula is C38H51NS. The van der Waals surface area contributed by atoms with Crippen LogP contribution in [0.25, 0.3) is 0 Å². The lowest BCUT2D eigenvalue weighted by atomic mass is 9.09. The highest BCUT2D eigenvalue weighted by Crippen LogP contribution is 2.98. The summed E-state index contributed by atoms with van der Waals surface area (Å²) < 4.78 is 0. The first-order chi connectivity index (χ1) is 19.5. The number of nitrogens with two attached hydrogens (primary N) is 1. The lowest BCUT2D eigenvalue weighted by molar-refractivity contribution is -0.483. The lowest BCUT2D eigenvalue weighted by Crippen LogP contribution is -2.92. The predicted molar refractivity (Wildman–Crippen MR) is 160 cm³/mol. The molecule has 0 radical (unpaired) electrons. The summed E-state index contributed by atoms with van der Waals surface area (Å²) in [4.78, 5) is 0. The Morgan fingerprint density at radius 3 is 2.08 bits per heavy atom. The van der Waals surface area contributed by atoms with Gasteiger partial charge in [-0.2, -0.15) is 11.8 Å². The van der Waals surface area contributed by atoms with Gasteiger partial charge in [-0.1, -0.05) is 25.5 Å². The summed E-state index contributed by atoms with van der Waals surface area (Å²) in [5, 5.41) is 1.04. The zero-order chi connectivity index (χ0) is 25.8. The number of rotatable bonds is 0. The highest BCUT2D eigenvalue weighted by Gasteiger charge is 2.95. The summed E-state index contributed by atoms with van der Waals surface area (Å²) >= 11 is 2.39. The molecule has 0 aromatic rings. The normalized spacial score (nSPS) is 79.5. The average molecular weight is 554 g/mol. The minimum absolute atomic E-state index is 0.0771. The van der Waals surface area contributed by atoms with E-state index in [2.05, 4.69) is 37.8 Å². The van der Waals surface area contributed by atoms with Crippen LogP contribution in [0.5, 0.6) is 0 Å². The standard InChI is InChI=1S/C38H51NS/c1-14-10-19-21(14)15-11-16-22(15)25-23(16)26-28(25)31-29(26)32-30-27-24-17-13-38(36(24)35(27)34(30)33(31)32)18(17)12-20(38)40-9-7-5-3-4-6-8-37(19,2)39/h5,7,14-36H,3-4,6,8-13,39H2,1-2H3/b7-5-/t14?,15?,16?,17?,18?,19?,20?,21?,22?,23?,24-,25?,26?,27-,28?,29?,30?,31?,32?,33+,34-,35?,36-,37?,38+/m0/s1. The molecule has 1 nitrogen and oxygen atoms in total. The topological polar surface area (TPSA) is 26.0 Å². The van der Waals surface area contributed by atoms with E-state index in [9.17, 15) is 0 Å². The van der Waals surface area contributed by atoms with Gasteiger partial charge in [0.05, 0.1) is 0 Å². The Morgan fingerprint density at radius 1 is 0.650 bits per heavy atom. The maximum Gasteiger partial charge on any atom is 0.0157 e. The van der Waals surface area contributed by atoms with Crippen LogP contribution < -0.4 is 5.73 Å². The molecule has 12 aliphatic carbocycles. The molecule has 0 saturated heterocycles. The van der Waals surface area contributed by atoms with Gasteiger partial charge in [0, 0.05) is 16.5 Å². The molecule has 2 N–H and O–H groups in total. The van der Waals surface area contributed by atoms with E-state index in [4.69, 9.17) is 5.73 Å². The van der Waals surface area contributed by atoms with E-state index in [0.29, 0.717) is 0 Å². The molecule has 1 aliphatic heterocycles. The summed E-state index contributed by atoms with van der Waals surface area (Å²) in [6.45, 7) is 5.06. The van der Waals surface area contributed by atoms with Gasteiger partial charge in [0.25, 0.3) is 0 Å². The number of hydrogen-bond donors (Lipinski definition) is 1. The molecule has 1 spiro atoms. The second-order valence-electron chi connectivity index (χ2n) is 19.4. The Morgan fingerprint density at radius 2 is 1.32 bits per heavy atom. The highest BCUT2D eigenvalue weighted by molar-refractivity contribution is 8.00. The third-order valence-corrected chi connectivity index (χ3v) is 21.2. The van der Waals surface area contributed by atoms with Gasteiger partial charge in [-0.3, -0.25) is 0 Å². The molecule has 12 fully saturated rings. The Kier molecular flexibility index (Phi) is 3.68. The Labute approximate surface area is 246 Å². The molecule has 19 unspecified atom stereocenters. The average Bonchev–Trinajstić information content (AvgIpc) is 3.27. The van der Waals surface area contributed by atoms with Gasteiger partial charge in [0.2, 0.25) is 0 Å². The van der Waals surface area contributed by atoms with Gasteiger partial charge in [-0.15, -0.1) is 0 Å². The fraction of sp³-hybridized carbons (Fsp3) is 0.947. The van der Waals surface area contributed by atoms with Crippen LogP contribution in [0.1, 0.15) is 65.2 Å². The van der Waals surface area contributed by atoms with Gasteiger partial charge in [-0.25, -0.2) is 0 Å². The van der Waals surface area contributed by atoms with Crippen molar-refractivity contribution in [3.63, 3.8) is 0 Å². The molecule has 40 heavy (non-hydrogen) atoms. The molecule has 13 rings (SSSR count). The molecule has 0 aromatic heterocycles. The first kappa shape index (κ1) is 22.5. The smallest absolute Gasteiger partial charge is 0.0157 e. The number of thioether (sulfide) groups is 1. The Bertz CT molecular complexity index is 1270. The number of allylic oxidation sites excluding steroid dienone is 1. The summed E-state index contributed by atoms with van der Waals surface area (Å²) in [7, 11) is 0. The third-order valence-electron chi connectivity index (χ3n) is 19.8. The van der Waals surface area contributed by atoms with Crippen molar-refractivity contribution in [1.82, 2.24) is 0 Å². The van der Waals surface area contributed by atoms with Crippen LogP contribution in [0.3, 0.4) is 0 Å². The molecule has 2 bridgehead atoms. The highest BCUT2D eigenvalue weighted by atomic mass is 32.2. The summed E-state index contributed by atoms with van der Waals surface area (Å²) in [5.74, 6) is 27.2. The van der Waals surface area contributed by atoms with Crippen molar-refractivity contribution in [1.29, 1.82) is 0 Å². The van der Waals surface area contributed by atoms with E-state index in [-0.39, 0.29) is 5.54 Å². The van der Waals surface area contributed by atoms with E-state index >= 15 is 0 Å². The van der Waals surface area contributed by atoms with Gasteiger partial charge in [0.15, 0.2) is 0 Å². The quantitative estimate of drug-likeness (QED) is 0.321. The second-order valence-corrected chi connectivity index (χ2v) is 20.7. The fourth-order valence-electron chi connectivity index (χ4n) is 19.0. The Balaban J connectivity index is 0.815. The van der Waals surface area contributed by atoms with E-state index in [0.717, 1.165) is 40.3 Å². The van der Waals surface area contributed by atoms with E-state index in [1.54, 1.807) is 19.3 Å². The first-order valence-corrected chi connectivity index (χ1v) is 19.6.